The minimum Gasteiger partial charge on any atom is -0.497 e. The Balaban J connectivity index is 0.00000320. The second-order valence-corrected chi connectivity index (χ2v) is 6.44. The van der Waals surface area contributed by atoms with E-state index in [0.717, 1.165) is 41.0 Å². The van der Waals surface area contributed by atoms with Gasteiger partial charge in [0.05, 0.1) is 20.8 Å². The summed E-state index contributed by atoms with van der Waals surface area (Å²) in [6, 6.07) is 15.6. The molecule has 2 aromatic carbocycles. The molecule has 0 spiro atoms. The van der Waals surface area contributed by atoms with Gasteiger partial charge in [0, 0.05) is 26.2 Å². The zero-order valence-electron chi connectivity index (χ0n) is 17.5. The Kier molecular flexibility index (Phi) is 8.90. The number of aromatic nitrogens is 3. The molecule has 3 rings (SSSR count). The molecular formula is C21H27IN6O2. The molecule has 30 heavy (non-hydrogen) atoms. The molecule has 0 aliphatic carbocycles. The van der Waals surface area contributed by atoms with Crippen LogP contribution in [0, 0.1) is 0 Å². The first-order chi connectivity index (χ1) is 14.1. The van der Waals surface area contributed by atoms with Crippen LogP contribution in [-0.4, -0.2) is 54.4 Å². The third kappa shape index (κ3) is 6.09. The molecule has 0 bridgehead atoms. The molecule has 0 saturated heterocycles. The van der Waals surface area contributed by atoms with Gasteiger partial charge in [0.2, 0.25) is 0 Å². The van der Waals surface area contributed by atoms with Crippen molar-refractivity contribution in [1.82, 2.24) is 25.4 Å². The van der Waals surface area contributed by atoms with Crippen molar-refractivity contribution in [3.05, 3.63) is 59.9 Å². The lowest BCUT2D eigenvalue weighted by Gasteiger charge is -2.21. The molecule has 8 nitrogen and oxygen atoms in total. The van der Waals surface area contributed by atoms with Gasteiger partial charge in [-0.2, -0.15) is 5.10 Å². The summed E-state index contributed by atoms with van der Waals surface area (Å²) in [4.78, 5) is 10.9. The number of rotatable bonds is 7. The Labute approximate surface area is 193 Å². The van der Waals surface area contributed by atoms with Crippen molar-refractivity contribution < 1.29 is 9.47 Å². The van der Waals surface area contributed by atoms with Crippen molar-refractivity contribution in [3.63, 3.8) is 0 Å². The van der Waals surface area contributed by atoms with Crippen LogP contribution in [0.15, 0.2) is 53.5 Å². The van der Waals surface area contributed by atoms with Gasteiger partial charge >= 0.3 is 0 Å². The highest BCUT2D eigenvalue weighted by Gasteiger charge is 2.10. The maximum Gasteiger partial charge on any atom is 0.194 e. The Morgan fingerprint density at radius 3 is 2.20 bits per heavy atom. The van der Waals surface area contributed by atoms with E-state index in [1.165, 1.54) is 0 Å². The lowest BCUT2D eigenvalue weighted by atomic mass is 10.2. The summed E-state index contributed by atoms with van der Waals surface area (Å²) in [6.45, 7) is 1.21. The minimum atomic E-state index is 0. The number of halogens is 1. The van der Waals surface area contributed by atoms with Gasteiger partial charge in [-0.3, -0.25) is 10.1 Å². The third-order valence-corrected chi connectivity index (χ3v) is 4.45. The molecule has 9 heteroatoms. The number of methoxy groups -OCH3 is 2. The van der Waals surface area contributed by atoms with Crippen LogP contribution in [0.4, 0.5) is 0 Å². The zero-order valence-corrected chi connectivity index (χ0v) is 19.9. The van der Waals surface area contributed by atoms with Crippen molar-refractivity contribution >= 4 is 29.9 Å². The fourth-order valence-corrected chi connectivity index (χ4v) is 2.87. The molecular weight excluding hydrogens is 495 g/mol. The first-order valence-corrected chi connectivity index (χ1v) is 9.23. The zero-order chi connectivity index (χ0) is 20.6. The molecule has 0 radical (unpaired) electrons. The molecule has 0 saturated carbocycles. The minimum absolute atomic E-state index is 0. The van der Waals surface area contributed by atoms with Crippen LogP contribution in [0.5, 0.6) is 11.5 Å². The average molecular weight is 522 g/mol. The summed E-state index contributed by atoms with van der Waals surface area (Å²) in [7, 11) is 7.05. The van der Waals surface area contributed by atoms with Gasteiger partial charge in [0.15, 0.2) is 11.8 Å². The van der Waals surface area contributed by atoms with E-state index in [1.807, 2.05) is 60.5 Å². The van der Waals surface area contributed by atoms with Crippen molar-refractivity contribution in [2.75, 3.05) is 28.3 Å². The summed E-state index contributed by atoms with van der Waals surface area (Å²) in [5.74, 6) is 3.79. The van der Waals surface area contributed by atoms with Crippen LogP contribution < -0.4 is 14.8 Å². The number of aromatic amines is 1. The van der Waals surface area contributed by atoms with Crippen molar-refractivity contribution in [2.45, 2.75) is 13.1 Å². The lowest BCUT2D eigenvalue weighted by Crippen LogP contribution is -2.38. The molecule has 160 valence electrons. The Morgan fingerprint density at radius 2 is 1.63 bits per heavy atom. The molecule has 0 amide bonds. The molecule has 0 unspecified atom stereocenters. The van der Waals surface area contributed by atoms with Crippen LogP contribution in [-0.2, 0) is 13.1 Å². The SMILES string of the molecule is CN=C(NCc1nc(-c2ccc(OC)cc2)n[nH]1)N(C)Cc1ccc(OC)cc1.I. The predicted molar refractivity (Wildman–Crippen MR) is 128 cm³/mol. The monoisotopic (exact) mass is 522 g/mol. The molecule has 1 heterocycles. The van der Waals surface area contributed by atoms with E-state index in [1.54, 1.807) is 21.3 Å². The number of benzene rings is 2. The number of guanidine groups is 1. The van der Waals surface area contributed by atoms with E-state index in [-0.39, 0.29) is 24.0 Å². The van der Waals surface area contributed by atoms with Gasteiger partial charge < -0.3 is 19.7 Å². The van der Waals surface area contributed by atoms with E-state index < -0.39 is 0 Å². The van der Waals surface area contributed by atoms with Crippen LogP contribution in [0.1, 0.15) is 11.4 Å². The summed E-state index contributed by atoms with van der Waals surface area (Å²) in [6.07, 6.45) is 0. The standard InChI is InChI=1S/C21H26N6O2.HI/c1-22-21(27(2)14-15-5-9-17(28-3)10-6-15)23-13-19-24-20(26-25-19)16-7-11-18(29-4)12-8-16;/h5-12H,13-14H2,1-4H3,(H,22,23)(H,24,25,26);1H. The van der Waals surface area contributed by atoms with Gasteiger partial charge in [-0.25, -0.2) is 4.98 Å². The average Bonchev–Trinajstić information content (AvgIpc) is 3.24. The summed E-state index contributed by atoms with van der Waals surface area (Å²) < 4.78 is 10.4. The van der Waals surface area contributed by atoms with E-state index >= 15 is 0 Å². The van der Waals surface area contributed by atoms with Crippen molar-refractivity contribution in [2.24, 2.45) is 4.99 Å². The number of hydrogen-bond donors (Lipinski definition) is 2. The Morgan fingerprint density at radius 1 is 1.03 bits per heavy atom. The summed E-state index contributed by atoms with van der Waals surface area (Å²) in [5.41, 5.74) is 2.09. The van der Waals surface area contributed by atoms with Crippen LogP contribution in [0.3, 0.4) is 0 Å². The molecule has 3 aromatic rings. The number of ether oxygens (including phenoxy) is 2. The highest BCUT2D eigenvalue weighted by molar-refractivity contribution is 14.0. The highest BCUT2D eigenvalue weighted by Crippen LogP contribution is 2.19. The number of nitrogens with zero attached hydrogens (tertiary/aromatic N) is 4. The summed E-state index contributed by atoms with van der Waals surface area (Å²) >= 11 is 0. The van der Waals surface area contributed by atoms with E-state index in [9.17, 15) is 0 Å². The molecule has 0 atom stereocenters. The van der Waals surface area contributed by atoms with Gasteiger partial charge in [-0.05, 0) is 42.0 Å². The molecule has 1 aromatic heterocycles. The third-order valence-electron chi connectivity index (χ3n) is 4.45. The normalized spacial score (nSPS) is 10.9. The fourth-order valence-electron chi connectivity index (χ4n) is 2.87. The van der Waals surface area contributed by atoms with E-state index in [2.05, 4.69) is 25.5 Å². The number of H-pyrrole nitrogens is 1. The van der Waals surface area contributed by atoms with E-state index in [4.69, 9.17) is 9.47 Å². The highest BCUT2D eigenvalue weighted by atomic mass is 127. The topological polar surface area (TPSA) is 87.7 Å². The molecule has 2 N–H and O–H groups in total. The Bertz CT molecular complexity index is 941. The van der Waals surface area contributed by atoms with Crippen molar-refractivity contribution in [3.8, 4) is 22.9 Å². The quantitative estimate of drug-likeness (QED) is 0.281. The summed E-state index contributed by atoms with van der Waals surface area (Å²) in [5, 5.41) is 10.6. The maximum absolute atomic E-state index is 5.20. The number of nitrogens with one attached hydrogen (secondary N) is 2. The molecule has 0 fully saturated rings. The van der Waals surface area contributed by atoms with Crippen LogP contribution in [0.2, 0.25) is 0 Å². The number of aliphatic imine (C=N–C) groups is 1. The van der Waals surface area contributed by atoms with Crippen molar-refractivity contribution in [1.29, 1.82) is 0 Å². The second kappa shape index (κ2) is 11.4. The van der Waals surface area contributed by atoms with Gasteiger partial charge in [-0.1, -0.05) is 12.1 Å². The lowest BCUT2D eigenvalue weighted by molar-refractivity contribution is 0.414. The fraction of sp³-hybridized carbons (Fsp3) is 0.286. The first kappa shape index (κ1) is 23.5. The second-order valence-electron chi connectivity index (χ2n) is 6.44. The molecule has 0 aliphatic heterocycles. The first-order valence-electron chi connectivity index (χ1n) is 9.23. The largest absolute Gasteiger partial charge is 0.497 e. The Hall–Kier alpha value is -2.82. The maximum atomic E-state index is 5.20. The van der Waals surface area contributed by atoms with Gasteiger partial charge in [0.1, 0.15) is 17.3 Å². The predicted octanol–water partition coefficient (Wildman–Crippen LogP) is 3.31. The molecule has 0 aliphatic rings. The van der Waals surface area contributed by atoms with E-state index in [0.29, 0.717) is 12.4 Å². The van der Waals surface area contributed by atoms with Crippen LogP contribution in [0.25, 0.3) is 11.4 Å². The smallest absolute Gasteiger partial charge is 0.194 e. The van der Waals surface area contributed by atoms with Crippen LogP contribution >= 0.6 is 24.0 Å². The number of hydrogen-bond acceptors (Lipinski definition) is 5. The van der Waals surface area contributed by atoms with Gasteiger partial charge in [0.25, 0.3) is 0 Å². The van der Waals surface area contributed by atoms with Gasteiger partial charge in [-0.15, -0.1) is 24.0 Å².